The van der Waals surface area contributed by atoms with Gasteiger partial charge in [-0.2, -0.15) is 5.10 Å². The number of ether oxygens (including phenoxy) is 2. The molecule has 0 aliphatic carbocycles. The zero-order valence-electron chi connectivity index (χ0n) is 17.6. The van der Waals surface area contributed by atoms with Crippen molar-refractivity contribution in [3.05, 3.63) is 66.1 Å². The summed E-state index contributed by atoms with van der Waals surface area (Å²) in [6.45, 7) is 2.91. The Labute approximate surface area is 194 Å². The number of nitrogens with zero attached hydrogens (tertiary/aromatic N) is 3. The van der Waals surface area contributed by atoms with Crippen molar-refractivity contribution in [2.45, 2.75) is 19.5 Å². The quantitative estimate of drug-likeness (QED) is 0.500. The maximum atomic E-state index is 12.5. The van der Waals surface area contributed by atoms with Crippen molar-refractivity contribution in [2.75, 3.05) is 13.7 Å². The highest BCUT2D eigenvalue weighted by Crippen LogP contribution is 2.23. The molecule has 0 fully saturated rings. The molecule has 1 atom stereocenters. The molecule has 1 aromatic carbocycles. The first-order valence-electron chi connectivity index (χ1n) is 9.38. The lowest BCUT2D eigenvalue weighted by Crippen LogP contribution is -2.35. The van der Waals surface area contributed by atoms with Crippen LogP contribution in [0.1, 0.15) is 24.1 Å². The molecule has 2 aromatic heterocycles. The molecule has 2 heterocycles. The van der Waals surface area contributed by atoms with Gasteiger partial charge >= 0.3 is 0 Å². The molecule has 0 aliphatic heterocycles. The summed E-state index contributed by atoms with van der Waals surface area (Å²) in [6, 6.07) is 10.5. The number of nitrogens with one attached hydrogen (secondary N) is 2. The van der Waals surface area contributed by atoms with Crippen molar-refractivity contribution >= 4 is 30.7 Å². The predicted octanol–water partition coefficient (Wildman–Crippen LogP) is 3.43. The number of hydrogen-bond acceptors (Lipinski definition) is 6. The average molecular weight is 468 g/mol. The third kappa shape index (κ3) is 7.43. The Bertz CT molecular complexity index is 950. The number of aromatic nitrogens is 3. The molecule has 168 valence electrons. The summed E-state index contributed by atoms with van der Waals surface area (Å²) < 4.78 is 12.9. The van der Waals surface area contributed by atoms with Gasteiger partial charge in [-0.3, -0.25) is 9.48 Å². The number of benzene rings is 1. The van der Waals surface area contributed by atoms with Gasteiger partial charge in [0, 0.05) is 37.6 Å². The molecule has 1 amide bonds. The number of carbonyl (C=O) groups is 1. The monoisotopic (exact) mass is 467 g/mol. The van der Waals surface area contributed by atoms with E-state index in [0.29, 0.717) is 24.8 Å². The van der Waals surface area contributed by atoms with Crippen LogP contribution < -0.4 is 20.1 Å². The van der Waals surface area contributed by atoms with Crippen molar-refractivity contribution in [2.24, 2.45) is 7.05 Å². The van der Waals surface area contributed by atoms with Crippen LogP contribution in [0.4, 0.5) is 0 Å². The first-order chi connectivity index (χ1) is 14.1. The molecule has 1 unspecified atom stereocenters. The van der Waals surface area contributed by atoms with Gasteiger partial charge in [0.1, 0.15) is 17.5 Å². The van der Waals surface area contributed by atoms with Crippen LogP contribution in [-0.2, 0) is 18.4 Å². The molecule has 0 spiro atoms. The third-order valence-electron chi connectivity index (χ3n) is 4.23. The van der Waals surface area contributed by atoms with Crippen LogP contribution in [0.5, 0.6) is 17.4 Å². The van der Waals surface area contributed by atoms with Crippen molar-refractivity contribution in [3.8, 4) is 17.4 Å². The molecule has 0 saturated carbocycles. The molecule has 0 aliphatic rings. The van der Waals surface area contributed by atoms with E-state index in [2.05, 4.69) is 20.7 Å². The fourth-order valence-corrected chi connectivity index (χ4v) is 2.84. The summed E-state index contributed by atoms with van der Waals surface area (Å²) >= 11 is 0. The Balaban J connectivity index is 0.00000240. The van der Waals surface area contributed by atoms with E-state index in [1.807, 2.05) is 50.5 Å². The number of halogens is 2. The number of likely N-dealkylation sites (N-methyl/N-ethyl adjacent to an activating group) is 1. The summed E-state index contributed by atoms with van der Waals surface area (Å²) in [6.07, 6.45) is 5.15. The lowest BCUT2D eigenvalue weighted by Gasteiger charge is -2.15. The fourth-order valence-electron chi connectivity index (χ4n) is 2.84. The SMILES string of the molecule is CCOc1ccc(Oc2cc(CNC(=O)C(NC)c3cnn(C)c3)ccn2)cc1.Cl.Cl. The van der Waals surface area contributed by atoms with Gasteiger partial charge < -0.3 is 20.1 Å². The van der Waals surface area contributed by atoms with Gasteiger partial charge in [-0.25, -0.2) is 4.98 Å². The maximum absolute atomic E-state index is 12.5. The molecule has 3 rings (SSSR count). The van der Waals surface area contributed by atoms with E-state index >= 15 is 0 Å². The highest BCUT2D eigenvalue weighted by atomic mass is 35.5. The minimum absolute atomic E-state index is 0. The molecule has 0 saturated heterocycles. The molecule has 31 heavy (non-hydrogen) atoms. The van der Waals surface area contributed by atoms with E-state index in [4.69, 9.17) is 9.47 Å². The van der Waals surface area contributed by atoms with E-state index in [0.717, 1.165) is 16.9 Å². The molecule has 2 N–H and O–H groups in total. The van der Waals surface area contributed by atoms with Gasteiger partial charge in [0.05, 0.1) is 12.8 Å². The van der Waals surface area contributed by atoms with Crippen LogP contribution in [0.3, 0.4) is 0 Å². The number of carbonyl (C=O) groups excluding carboxylic acids is 1. The molecular weight excluding hydrogens is 441 g/mol. The van der Waals surface area contributed by atoms with Gasteiger partial charge in [-0.05, 0) is 49.9 Å². The average Bonchev–Trinajstić information content (AvgIpc) is 3.15. The lowest BCUT2D eigenvalue weighted by molar-refractivity contribution is -0.123. The molecule has 8 nitrogen and oxygen atoms in total. The van der Waals surface area contributed by atoms with Crippen LogP contribution in [0, 0.1) is 0 Å². The van der Waals surface area contributed by atoms with Crippen molar-refractivity contribution < 1.29 is 14.3 Å². The van der Waals surface area contributed by atoms with Gasteiger partial charge in [-0.1, -0.05) is 0 Å². The minimum Gasteiger partial charge on any atom is -0.494 e. The molecule has 0 bridgehead atoms. The van der Waals surface area contributed by atoms with E-state index in [9.17, 15) is 4.79 Å². The Morgan fingerprint density at radius 3 is 2.48 bits per heavy atom. The Morgan fingerprint density at radius 2 is 1.87 bits per heavy atom. The zero-order chi connectivity index (χ0) is 20.6. The molecule has 0 radical (unpaired) electrons. The maximum Gasteiger partial charge on any atom is 0.242 e. The number of aryl methyl sites for hydroxylation is 1. The van der Waals surface area contributed by atoms with Gasteiger partial charge in [-0.15, -0.1) is 24.8 Å². The summed E-state index contributed by atoms with van der Waals surface area (Å²) in [5.41, 5.74) is 1.69. The van der Waals surface area contributed by atoms with E-state index < -0.39 is 6.04 Å². The number of pyridine rings is 1. The Hall–Kier alpha value is -2.81. The van der Waals surface area contributed by atoms with Crippen molar-refractivity contribution in [3.63, 3.8) is 0 Å². The molecular formula is C21H27Cl2N5O3. The summed E-state index contributed by atoms with van der Waals surface area (Å²) in [4.78, 5) is 16.8. The van der Waals surface area contributed by atoms with E-state index in [1.54, 1.807) is 30.2 Å². The van der Waals surface area contributed by atoms with Crippen LogP contribution in [0.2, 0.25) is 0 Å². The van der Waals surface area contributed by atoms with Crippen molar-refractivity contribution in [1.82, 2.24) is 25.4 Å². The summed E-state index contributed by atoms with van der Waals surface area (Å²) in [5.74, 6) is 1.77. The number of amides is 1. The van der Waals surface area contributed by atoms with Gasteiger partial charge in [0.25, 0.3) is 0 Å². The zero-order valence-corrected chi connectivity index (χ0v) is 19.2. The first kappa shape index (κ1) is 26.2. The minimum atomic E-state index is -0.467. The van der Waals surface area contributed by atoms with Crippen molar-refractivity contribution in [1.29, 1.82) is 0 Å². The van der Waals surface area contributed by atoms with E-state index in [1.165, 1.54) is 0 Å². The highest BCUT2D eigenvalue weighted by molar-refractivity contribution is 5.85. The Kier molecular flexibility index (Phi) is 10.8. The molecule has 10 heteroatoms. The second-order valence-electron chi connectivity index (χ2n) is 6.40. The Morgan fingerprint density at radius 1 is 1.16 bits per heavy atom. The third-order valence-corrected chi connectivity index (χ3v) is 4.23. The second-order valence-corrected chi connectivity index (χ2v) is 6.40. The summed E-state index contributed by atoms with van der Waals surface area (Å²) in [5, 5.41) is 10.1. The normalized spacial score (nSPS) is 10.9. The number of rotatable bonds is 9. The lowest BCUT2D eigenvalue weighted by atomic mass is 10.1. The van der Waals surface area contributed by atoms with Crippen LogP contribution in [-0.4, -0.2) is 34.3 Å². The van der Waals surface area contributed by atoms with Crippen LogP contribution >= 0.6 is 24.8 Å². The fraction of sp³-hybridized carbons (Fsp3) is 0.286. The predicted molar refractivity (Wildman–Crippen MR) is 123 cm³/mol. The van der Waals surface area contributed by atoms with Gasteiger partial charge in [0.15, 0.2) is 0 Å². The molecule has 3 aromatic rings. The largest absolute Gasteiger partial charge is 0.494 e. The number of hydrogen-bond donors (Lipinski definition) is 2. The first-order valence-corrected chi connectivity index (χ1v) is 9.38. The van der Waals surface area contributed by atoms with Gasteiger partial charge in [0.2, 0.25) is 11.8 Å². The smallest absolute Gasteiger partial charge is 0.242 e. The summed E-state index contributed by atoms with van der Waals surface area (Å²) in [7, 11) is 3.56. The topological polar surface area (TPSA) is 90.3 Å². The van der Waals surface area contributed by atoms with E-state index in [-0.39, 0.29) is 30.7 Å². The van der Waals surface area contributed by atoms with Crippen LogP contribution in [0.25, 0.3) is 0 Å². The highest BCUT2D eigenvalue weighted by Gasteiger charge is 2.19. The van der Waals surface area contributed by atoms with Crippen LogP contribution in [0.15, 0.2) is 55.0 Å². The second kappa shape index (κ2) is 12.8. The standard InChI is InChI=1S/C21H25N5O3.2ClH/c1-4-28-17-5-7-18(8-6-17)29-19-11-15(9-10-23-19)12-24-21(27)20(22-2)16-13-25-26(3)14-16;;/h5-11,13-14,20,22H,4,12H2,1-3H3,(H,24,27);2*1H.